The summed E-state index contributed by atoms with van der Waals surface area (Å²) in [6.07, 6.45) is -0.809. The first-order chi connectivity index (χ1) is 14.2. The molecule has 3 aromatic rings. The van der Waals surface area contributed by atoms with Gasteiger partial charge in [-0.2, -0.15) is 0 Å². The van der Waals surface area contributed by atoms with E-state index in [-0.39, 0.29) is 22.4 Å². The Bertz CT molecular complexity index is 1140. The van der Waals surface area contributed by atoms with Crippen molar-refractivity contribution in [3.8, 4) is 11.5 Å². The molecule has 1 aromatic heterocycles. The van der Waals surface area contributed by atoms with Gasteiger partial charge in [0.1, 0.15) is 0 Å². The molecule has 0 saturated heterocycles. The van der Waals surface area contributed by atoms with Crippen molar-refractivity contribution < 1.29 is 22.4 Å². The van der Waals surface area contributed by atoms with Crippen molar-refractivity contribution in [1.82, 2.24) is 14.9 Å². The quantitative estimate of drug-likeness (QED) is 0.571. The number of sulfonamides is 1. The summed E-state index contributed by atoms with van der Waals surface area (Å²) >= 11 is 0. The zero-order valence-corrected chi connectivity index (χ0v) is 17.9. The number of rotatable bonds is 7. The molecule has 1 heterocycles. The van der Waals surface area contributed by atoms with Gasteiger partial charge in [-0.1, -0.05) is 24.3 Å². The van der Waals surface area contributed by atoms with Gasteiger partial charge in [-0.3, -0.25) is 0 Å². The van der Waals surface area contributed by atoms with Crippen LogP contribution >= 0.6 is 0 Å². The van der Waals surface area contributed by atoms with Crippen LogP contribution in [0.1, 0.15) is 48.7 Å². The van der Waals surface area contributed by atoms with Crippen molar-refractivity contribution in [1.29, 1.82) is 0 Å². The summed E-state index contributed by atoms with van der Waals surface area (Å²) in [5, 5.41) is 7.93. The van der Waals surface area contributed by atoms with Gasteiger partial charge in [0.05, 0.1) is 10.5 Å². The van der Waals surface area contributed by atoms with Crippen molar-refractivity contribution in [2.45, 2.75) is 44.7 Å². The first-order valence-corrected chi connectivity index (χ1v) is 10.9. The van der Waals surface area contributed by atoms with E-state index in [1.54, 1.807) is 33.8 Å². The third kappa shape index (κ3) is 4.92. The lowest BCUT2D eigenvalue weighted by molar-refractivity contribution is 0.0278. The maximum Gasteiger partial charge on any atom is 0.339 e. The van der Waals surface area contributed by atoms with E-state index in [2.05, 4.69) is 14.9 Å². The first kappa shape index (κ1) is 21.7. The van der Waals surface area contributed by atoms with Gasteiger partial charge in [-0.15, -0.1) is 10.2 Å². The summed E-state index contributed by atoms with van der Waals surface area (Å²) in [6, 6.07) is 13.3. The zero-order chi connectivity index (χ0) is 21.9. The fourth-order valence-electron chi connectivity index (χ4n) is 2.74. The molecule has 1 atom stereocenters. The maximum absolute atomic E-state index is 12.7. The smallest absolute Gasteiger partial charge is 0.339 e. The van der Waals surface area contributed by atoms with Gasteiger partial charge < -0.3 is 9.15 Å². The van der Waals surface area contributed by atoms with Crippen molar-refractivity contribution in [2.75, 3.05) is 0 Å². The summed E-state index contributed by atoms with van der Waals surface area (Å²) in [5.41, 5.74) is 1.49. The number of ether oxygens (including phenoxy) is 1. The predicted octanol–water partition coefficient (Wildman–Crippen LogP) is 3.65. The standard InChI is InChI=1S/C21H23N3O5S/c1-13(2)24-30(26,27)17-11-10-14(3)18(12-17)21(25)28-15(4)19-22-23-20(29-19)16-8-6-5-7-9-16/h5-13,15,24H,1-4H3. The van der Waals surface area contributed by atoms with Gasteiger partial charge in [-0.05, 0) is 57.5 Å². The molecule has 1 unspecified atom stereocenters. The lowest BCUT2D eigenvalue weighted by Gasteiger charge is -2.13. The van der Waals surface area contributed by atoms with E-state index >= 15 is 0 Å². The minimum atomic E-state index is -3.74. The van der Waals surface area contributed by atoms with E-state index in [4.69, 9.17) is 9.15 Å². The van der Waals surface area contributed by atoms with Crippen LogP contribution in [0, 0.1) is 6.92 Å². The molecule has 3 rings (SSSR count). The SMILES string of the molecule is Cc1ccc(S(=O)(=O)NC(C)C)cc1C(=O)OC(C)c1nnc(-c2ccccc2)o1. The van der Waals surface area contributed by atoms with Crippen LogP contribution in [-0.2, 0) is 14.8 Å². The number of nitrogens with zero attached hydrogens (tertiary/aromatic N) is 2. The third-order valence-electron chi connectivity index (χ3n) is 4.22. The summed E-state index contributed by atoms with van der Waals surface area (Å²) in [4.78, 5) is 12.7. The van der Waals surface area contributed by atoms with Crippen LogP contribution in [0.15, 0.2) is 57.8 Å². The molecule has 9 heteroatoms. The lowest BCUT2D eigenvalue weighted by Crippen LogP contribution is -2.30. The van der Waals surface area contributed by atoms with E-state index in [0.717, 1.165) is 5.56 Å². The summed E-state index contributed by atoms with van der Waals surface area (Å²) in [6.45, 7) is 6.75. The van der Waals surface area contributed by atoms with E-state index < -0.39 is 22.1 Å². The molecule has 2 aromatic carbocycles. The molecule has 0 amide bonds. The number of hydrogen-bond donors (Lipinski definition) is 1. The zero-order valence-electron chi connectivity index (χ0n) is 17.1. The van der Waals surface area contributed by atoms with Crippen molar-refractivity contribution in [3.05, 3.63) is 65.5 Å². The Balaban J connectivity index is 1.79. The molecule has 0 fully saturated rings. The second-order valence-corrected chi connectivity index (χ2v) is 8.83. The highest BCUT2D eigenvalue weighted by molar-refractivity contribution is 7.89. The van der Waals surface area contributed by atoms with Gasteiger partial charge in [0.15, 0.2) is 6.10 Å². The molecule has 158 valence electrons. The van der Waals surface area contributed by atoms with Gasteiger partial charge >= 0.3 is 5.97 Å². The molecule has 1 N–H and O–H groups in total. The number of hydrogen-bond acceptors (Lipinski definition) is 7. The molecule has 0 radical (unpaired) electrons. The van der Waals surface area contributed by atoms with Crippen molar-refractivity contribution in [2.24, 2.45) is 0 Å². The number of carbonyl (C=O) groups excluding carboxylic acids is 1. The number of esters is 1. The normalized spacial score (nSPS) is 12.7. The van der Waals surface area contributed by atoms with Crippen molar-refractivity contribution >= 4 is 16.0 Å². The Kier molecular flexibility index (Phi) is 6.33. The van der Waals surface area contributed by atoms with Crippen LogP contribution in [0.3, 0.4) is 0 Å². The van der Waals surface area contributed by atoms with Gasteiger partial charge in [0.25, 0.3) is 5.89 Å². The third-order valence-corrected chi connectivity index (χ3v) is 5.88. The average molecular weight is 429 g/mol. The molecule has 0 saturated carbocycles. The van der Waals surface area contributed by atoms with Crippen LogP contribution in [0.5, 0.6) is 0 Å². The van der Waals surface area contributed by atoms with E-state index in [1.807, 2.05) is 30.3 Å². The van der Waals surface area contributed by atoms with Crippen molar-refractivity contribution in [3.63, 3.8) is 0 Å². The van der Waals surface area contributed by atoms with E-state index in [1.165, 1.54) is 12.1 Å². The molecule has 8 nitrogen and oxygen atoms in total. The Labute approximate surface area is 175 Å². The summed E-state index contributed by atoms with van der Waals surface area (Å²) in [7, 11) is -3.74. The highest BCUT2D eigenvalue weighted by Gasteiger charge is 2.23. The largest absolute Gasteiger partial charge is 0.449 e. The number of nitrogens with one attached hydrogen (secondary N) is 1. The molecule has 0 bridgehead atoms. The van der Waals surface area contributed by atoms with Crippen LogP contribution in [0.2, 0.25) is 0 Å². The lowest BCUT2D eigenvalue weighted by atomic mass is 10.1. The predicted molar refractivity (Wildman–Crippen MR) is 110 cm³/mol. The fourth-order valence-corrected chi connectivity index (χ4v) is 4.01. The number of aryl methyl sites for hydroxylation is 1. The van der Waals surface area contributed by atoms with E-state index in [9.17, 15) is 13.2 Å². The Morgan fingerprint density at radius 1 is 1.07 bits per heavy atom. The number of carbonyl (C=O) groups is 1. The van der Waals surface area contributed by atoms with Gasteiger partial charge in [-0.25, -0.2) is 17.9 Å². The molecule has 30 heavy (non-hydrogen) atoms. The van der Waals surface area contributed by atoms with Crippen LogP contribution < -0.4 is 4.72 Å². The minimum Gasteiger partial charge on any atom is -0.449 e. The summed E-state index contributed by atoms with van der Waals surface area (Å²) < 4.78 is 38.4. The van der Waals surface area contributed by atoms with Crippen LogP contribution in [0.4, 0.5) is 0 Å². The van der Waals surface area contributed by atoms with Crippen LogP contribution in [-0.4, -0.2) is 30.6 Å². The molecule has 0 aliphatic heterocycles. The Morgan fingerprint density at radius 2 is 1.77 bits per heavy atom. The monoisotopic (exact) mass is 429 g/mol. The molecular weight excluding hydrogens is 406 g/mol. The Morgan fingerprint density at radius 3 is 2.43 bits per heavy atom. The van der Waals surface area contributed by atoms with Gasteiger partial charge in [0.2, 0.25) is 15.9 Å². The highest BCUT2D eigenvalue weighted by atomic mass is 32.2. The minimum absolute atomic E-state index is 0.00874. The summed E-state index contributed by atoms with van der Waals surface area (Å²) in [5.74, 6) is -0.219. The maximum atomic E-state index is 12.7. The molecule has 0 spiro atoms. The van der Waals surface area contributed by atoms with Crippen LogP contribution in [0.25, 0.3) is 11.5 Å². The first-order valence-electron chi connectivity index (χ1n) is 9.40. The second kappa shape index (κ2) is 8.76. The average Bonchev–Trinajstić information content (AvgIpc) is 3.18. The highest BCUT2D eigenvalue weighted by Crippen LogP contribution is 2.24. The fraction of sp³-hybridized carbons (Fsp3) is 0.286. The second-order valence-electron chi connectivity index (χ2n) is 7.11. The molecular formula is C21H23N3O5S. The van der Waals surface area contributed by atoms with E-state index in [0.29, 0.717) is 11.5 Å². The molecule has 0 aliphatic carbocycles. The Hall–Kier alpha value is -3.04. The molecule has 0 aliphatic rings. The number of aromatic nitrogens is 2. The topological polar surface area (TPSA) is 111 Å². The van der Waals surface area contributed by atoms with Gasteiger partial charge in [0, 0.05) is 11.6 Å². The number of benzene rings is 2.